The first kappa shape index (κ1) is 16.8. The molecule has 0 radical (unpaired) electrons. The molecule has 1 aliphatic rings. The summed E-state index contributed by atoms with van der Waals surface area (Å²) in [4.78, 5) is 5.70. The summed E-state index contributed by atoms with van der Waals surface area (Å²) in [6, 6.07) is 16.7. The van der Waals surface area contributed by atoms with Crippen molar-refractivity contribution in [3.63, 3.8) is 0 Å². The van der Waals surface area contributed by atoms with Crippen LogP contribution in [-0.2, 0) is 0 Å². The average Bonchev–Trinajstić information content (AvgIpc) is 3.11. The minimum Gasteiger partial charge on any atom is -0.387 e. The highest BCUT2D eigenvalue weighted by molar-refractivity contribution is 9.10. The Morgan fingerprint density at radius 1 is 1.12 bits per heavy atom. The molecule has 0 spiro atoms. The van der Waals surface area contributed by atoms with Crippen molar-refractivity contribution >= 4 is 26.8 Å². The molecule has 2 heterocycles. The number of hydrogen-bond donors (Lipinski definition) is 2. The van der Waals surface area contributed by atoms with Crippen molar-refractivity contribution in [2.75, 3.05) is 19.6 Å². The second-order valence-electron chi connectivity index (χ2n) is 6.93. The third-order valence-electron chi connectivity index (χ3n) is 5.32. The van der Waals surface area contributed by atoms with E-state index in [1.807, 2.05) is 30.5 Å². The molecule has 4 heteroatoms. The number of nitrogens with zero attached hydrogens (tertiary/aromatic N) is 1. The van der Waals surface area contributed by atoms with E-state index in [4.69, 9.17) is 0 Å². The number of aliphatic hydroxyl groups excluding tert-OH is 1. The van der Waals surface area contributed by atoms with Gasteiger partial charge >= 0.3 is 0 Å². The van der Waals surface area contributed by atoms with E-state index >= 15 is 0 Å². The Hall–Kier alpha value is -1.62. The van der Waals surface area contributed by atoms with Gasteiger partial charge in [0.2, 0.25) is 0 Å². The minimum atomic E-state index is -0.429. The normalized spacial score (nSPS) is 17.8. The Kier molecular flexibility index (Phi) is 4.93. The summed E-state index contributed by atoms with van der Waals surface area (Å²) in [5.74, 6) is 0.610. The van der Waals surface area contributed by atoms with Crippen LogP contribution in [0.4, 0.5) is 0 Å². The predicted molar refractivity (Wildman–Crippen MR) is 106 cm³/mol. The summed E-state index contributed by atoms with van der Waals surface area (Å²) in [6.07, 6.45) is 3.89. The molecule has 1 unspecified atom stereocenters. The van der Waals surface area contributed by atoms with Crippen molar-refractivity contribution in [1.29, 1.82) is 0 Å². The molecule has 0 bridgehead atoms. The van der Waals surface area contributed by atoms with Crippen molar-refractivity contribution in [3.8, 4) is 0 Å². The van der Waals surface area contributed by atoms with Gasteiger partial charge in [0, 0.05) is 28.1 Å². The maximum Gasteiger partial charge on any atom is 0.0917 e. The molecule has 0 amide bonds. The van der Waals surface area contributed by atoms with Crippen molar-refractivity contribution in [2.24, 2.45) is 0 Å². The largest absolute Gasteiger partial charge is 0.387 e. The number of fused-ring (bicyclic) bond motifs is 1. The zero-order valence-corrected chi connectivity index (χ0v) is 15.7. The van der Waals surface area contributed by atoms with Crippen LogP contribution in [-0.4, -0.2) is 34.6 Å². The van der Waals surface area contributed by atoms with Gasteiger partial charge in [-0.25, -0.2) is 0 Å². The number of aromatic nitrogens is 1. The van der Waals surface area contributed by atoms with Crippen LogP contribution in [0.25, 0.3) is 10.9 Å². The molecule has 0 saturated carbocycles. The van der Waals surface area contributed by atoms with Crippen LogP contribution in [0.2, 0.25) is 0 Å². The summed E-state index contributed by atoms with van der Waals surface area (Å²) in [6.45, 7) is 2.78. The van der Waals surface area contributed by atoms with Crippen LogP contribution in [0, 0.1) is 0 Å². The second-order valence-corrected chi connectivity index (χ2v) is 7.85. The number of hydrogen-bond acceptors (Lipinski definition) is 2. The lowest BCUT2D eigenvalue weighted by Crippen LogP contribution is -2.36. The third kappa shape index (κ3) is 3.66. The predicted octanol–water partition coefficient (Wildman–Crippen LogP) is 4.84. The van der Waals surface area contributed by atoms with Crippen molar-refractivity contribution in [3.05, 3.63) is 70.3 Å². The number of likely N-dealkylation sites (tertiary alicyclic amines) is 1. The summed E-state index contributed by atoms with van der Waals surface area (Å²) in [7, 11) is 0. The lowest BCUT2D eigenvalue weighted by molar-refractivity contribution is 0.0973. The highest BCUT2D eigenvalue weighted by Crippen LogP contribution is 2.33. The maximum atomic E-state index is 10.5. The molecule has 0 aliphatic carbocycles. The lowest BCUT2D eigenvalue weighted by atomic mass is 9.87. The fourth-order valence-electron chi connectivity index (χ4n) is 3.96. The van der Waals surface area contributed by atoms with E-state index in [0.29, 0.717) is 12.5 Å². The summed E-state index contributed by atoms with van der Waals surface area (Å²) in [5, 5.41) is 11.9. The Bertz CT molecular complexity index is 852. The number of rotatable bonds is 4. The number of halogens is 1. The molecule has 2 N–H and O–H groups in total. The van der Waals surface area contributed by atoms with Crippen LogP contribution in [0.1, 0.15) is 36.0 Å². The van der Waals surface area contributed by atoms with Gasteiger partial charge in [-0.2, -0.15) is 0 Å². The fourth-order valence-corrected chi connectivity index (χ4v) is 4.37. The standard InChI is InChI=1S/C21H23BrN2O/c22-17-4-1-3-16(13-17)21(25)14-24-11-8-15(9-12-24)18-5-2-6-20-19(18)7-10-23-20/h1-7,10,13,15,21,23,25H,8-9,11-12,14H2. The topological polar surface area (TPSA) is 39.3 Å². The van der Waals surface area contributed by atoms with Crippen LogP contribution < -0.4 is 0 Å². The number of aliphatic hydroxyl groups is 1. The van der Waals surface area contributed by atoms with Gasteiger partial charge in [0.05, 0.1) is 6.10 Å². The van der Waals surface area contributed by atoms with Crippen LogP contribution >= 0.6 is 15.9 Å². The smallest absolute Gasteiger partial charge is 0.0917 e. The molecule has 1 aliphatic heterocycles. The van der Waals surface area contributed by atoms with E-state index in [-0.39, 0.29) is 0 Å². The summed E-state index contributed by atoms with van der Waals surface area (Å²) >= 11 is 3.48. The summed E-state index contributed by atoms with van der Waals surface area (Å²) in [5.41, 5.74) is 3.67. The zero-order valence-electron chi connectivity index (χ0n) is 14.2. The number of H-pyrrole nitrogens is 1. The second kappa shape index (κ2) is 7.32. The van der Waals surface area contributed by atoms with Crippen molar-refractivity contribution in [2.45, 2.75) is 24.9 Å². The Balaban J connectivity index is 1.39. The lowest BCUT2D eigenvalue weighted by Gasteiger charge is -2.33. The average molecular weight is 399 g/mol. The number of nitrogens with one attached hydrogen (secondary N) is 1. The fraction of sp³-hybridized carbons (Fsp3) is 0.333. The molecule has 1 atom stereocenters. The van der Waals surface area contributed by atoms with Gasteiger partial charge in [-0.05, 0) is 67.2 Å². The van der Waals surface area contributed by atoms with Gasteiger partial charge in [-0.15, -0.1) is 0 Å². The van der Waals surface area contributed by atoms with Crippen molar-refractivity contribution in [1.82, 2.24) is 9.88 Å². The molecular weight excluding hydrogens is 376 g/mol. The van der Waals surface area contributed by atoms with Gasteiger partial charge in [0.15, 0.2) is 0 Å². The minimum absolute atomic E-state index is 0.429. The highest BCUT2D eigenvalue weighted by atomic mass is 79.9. The Morgan fingerprint density at radius 2 is 1.92 bits per heavy atom. The molecule has 1 aromatic heterocycles. The van der Waals surface area contributed by atoms with Gasteiger partial charge in [0.25, 0.3) is 0 Å². The quantitative estimate of drug-likeness (QED) is 0.659. The SMILES string of the molecule is OC(CN1CCC(c2cccc3[nH]ccc23)CC1)c1cccc(Br)c1. The van der Waals surface area contributed by atoms with Crippen molar-refractivity contribution < 1.29 is 5.11 Å². The third-order valence-corrected chi connectivity index (χ3v) is 5.81. The molecule has 130 valence electrons. The van der Waals surface area contributed by atoms with Crippen LogP contribution in [0.5, 0.6) is 0 Å². The number of β-amino-alcohol motifs (C(OH)–C–C–N with tert-alkyl or cyclic N) is 1. The molecule has 25 heavy (non-hydrogen) atoms. The molecule has 3 aromatic rings. The Morgan fingerprint density at radius 3 is 2.72 bits per heavy atom. The monoisotopic (exact) mass is 398 g/mol. The number of aromatic amines is 1. The van der Waals surface area contributed by atoms with Gasteiger partial charge in [-0.3, -0.25) is 0 Å². The first-order valence-electron chi connectivity index (χ1n) is 8.92. The molecule has 3 nitrogen and oxygen atoms in total. The number of benzene rings is 2. The van der Waals surface area contributed by atoms with E-state index in [2.05, 4.69) is 50.1 Å². The first-order chi connectivity index (χ1) is 12.2. The molecule has 2 aromatic carbocycles. The maximum absolute atomic E-state index is 10.5. The molecule has 1 saturated heterocycles. The molecular formula is C21H23BrN2O. The molecule has 1 fully saturated rings. The van der Waals surface area contributed by atoms with Gasteiger partial charge in [0.1, 0.15) is 0 Å². The summed E-state index contributed by atoms with van der Waals surface area (Å²) < 4.78 is 1.02. The Labute approximate surface area is 156 Å². The van der Waals surface area contributed by atoms with Crippen LogP contribution in [0.3, 0.4) is 0 Å². The van der Waals surface area contributed by atoms with Crippen LogP contribution in [0.15, 0.2) is 59.2 Å². The zero-order chi connectivity index (χ0) is 17.2. The highest BCUT2D eigenvalue weighted by Gasteiger charge is 2.23. The van der Waals surface area contributed by atoms with Gasteiger partial charge < -0.3 is 15.0 Å². The first-order valence-corrected chi connectivity index (χ1v) is 9.72. The molecule has 4 rings (SSSR count). The van der Waals surface area contributed by atoms with E-state index in [9.17, 15) is 5.11 Å². The van der Waals surface area contributed by atoms with Gasteiger partial charge in [-0.1, -0.05) is 40.2 Å². The van der Waals surface area contributed by atoms with E-state index in [1.165, 1.54) is 16.5 Å². The number of piperidine rings is 1. The van der Waals surface area contributed by atoms with E-state index < -0.39 is 6.10 Å². The van der Waals surface area contributed by atoms with E-state index in [0.717, 1.165) is 36.0 Å². The van der Waals surface area contributed by atoms with E-state index in [1.54, 1.807) is 0 Å².